The minimum absolute atomic E-state index is 0.342. The van der Waals surface area contributed by atoms with Crippen LogP contribution in [0, 0.1) is 6.92 Å². The number of nitrogens with zero attached hydrogens (tertiary/aromatic N) is 5. The maximum absolute atomic E-state index is 6.15. The Bertz CT molecular complexity index is 578. The monoisotopic (exact) mass is 267 g/mol. The number of anilines is 1. The summed E-state index contributed by atoms with van der Waals surface area (Å²) < 4.78 is 7.15. The number of likely N-dealkylation sites (N-methyl/N-ethyl adjacent to an activating group) is 1. The molecule has 6 nitrogen and oxygen atoms in total. The van der Waals surface area contributed by atoms with Crippen LogP contribution in [0.4, 0.5) is 5.82 Å². The topological polar surface area (TPSA) is 55.5 Å². The SMILES string of the molecule is Cc1c(Cl)nc2ncnn2c1N(C)C1CCOC1. The van der Waals surface area contributed by atoms with Gasteiger partial charge in [0.25, 0.3) is 5.78 Å². The lowest BCUT2D eigenvalue weighted by atomic mass is 10.2. The summed E-state index contributed by atoms with van der Waals surface area (Å²) in [6.07, 6.45) is 2.49. The van der Waals surface area contributed by atoms with Crippen LogP contribution in [-0.4, -0.2) is 45.9 Å². The Balaban J connectivity index is 2.13. The Hall–Kier alpha value is -1.40. The van der Waals surface area contributed by atoms with Crippen molar-refractivity contribution in [3.63, 3.8) is 0 Å². The van der Waals surface area contributed by atoms with Crippen molar-refractivity contribution in [1.29, 1.82) is 0 Å². The molecular formula is C11H14ClN5O. The van der Waals surface area contributed by atoms with Crippen molar-refractivity contribution in [2.24, 2.45) is 0 Å². The van der Waals surface area contributed by atoms with E-state index in [1.807, 2.05) is 14.0 Å². The van der Waals surface area contributed by atoms with Gasteiger partial charge in [0.1, 0.15) is 17.3 Å². The molecule has 2 aromatic rings. The van der Waals surface area contributed by atoms with Crippen LogP contribution >= 0.6 is 11.6 Å². The second-order valence-corrected chi connectivity index (χ2v) is 4.81. The van der Waals surface area contributed by atoms with Crippen molar-refractivity contribution in [3.8, 4) is 0 Å². The molecule has 1 aliphatic heterocycles. The number of aromatic nitrogens is 4. The summed E-state index contributed by atoms with van der Waals surface area (Å²) in [5.41, 5.74) is 0.907. The molecule has 1 fully saturated rings. The fourth-order valence-corrected chi connectivity index (χ4v) is 2.46. The highest BCUT2D eigenvalue weighted by molar-refractivity contribution is 6.30. The van der Waals surface area contributed by atoms with E-state index in [2.05, 4.69) is 20.0 Å². The third-order valence-corrected chi connectivity index (χ3v) is 3.73. The Labute approximate surface area is 110 Å². The summed E-state index contributed by atoms with van der Waals surface area (Å²) in [6.45, 7) is 3.47. The van der Waals surface area contributed by atoms with E-state index in [0.717, 1.165) is 31.0 Å². The van der Waals surface area contributed by atoms with Gasteiger partial charge in [-0.25, -0.2) is 0 Å². The highest BCUT2D eigenvalue weighted by Crippen LogP contribution is 2.27. The fourth-order valence-electron chi connectivity index (χ4n) is 2.30. The first-order valence-electron chi connectivity index (χ1n) is 5.85. The first-order valence-corrected chi connectivity index (χ1v) is 6.22. The van der Waals surface area contributed by atoms with Crippen LogP contribution in [0.3, 0.4) is 0 Å². The summed E-state index contributed by atoms with van der Waals surface area (Å²) in [7, 11) is 2.03. The number of fused-ring (bicyclic) bond motifs is 1. The van der Waals surface area contributed by atoms with Gasteiger partial charge < -0.3 is 9.64 Å². The third kappa shape index (κ3) is 1.72. The van der Waals surface area contributed by atoms with Crippen LogP contribution in [0.1, 0.15) is 12.0 Å². The maximum Gasteiger partial charge on any atom is 0.255 e. The molecule has 3 heterocycles. The molecule has 0 radical (unpaired) electrons. The molecular weight excluding hydrogens is 254 g/mol. The lowest BCUT2D eigenvalue weighted by Gasteiger charge is -2.27. The number of hydrogen-bond donors (Lipinski definition) is 0. The Morgan fingerprint density at radius 2 is 2.39 bits per heavy atom. The first kappa shape index (κ1) is 11.7. The normalized spacial score (nSPS) is 19.6. The molecule has 1 unspecified atom stereocenters. The van der Waals surface area contributed by atoms with Crippen LogP contribution in [0.5, 0.6) is 0 Å². The second kappa shape index (κ2) is 4.37. The van der Waals surface area contributed by atoms with Crippen LogP contribution in [0.25, 0.3) is 5.78 Å². The molecule has 2 aromatic heterocycles. The van der Waals surface area contributed by atoms with E-state index in [0.29, 0.717) is 17.0 Å². The van der Waals surface area contributed by atoms with Crippen molar-refractivity contribution < 1.29 is 4.74 Å². The van der Waals surface area contributed by atoms with E-state index in [9.17, 15) is 0 Å². The number of halogens is 1. The van der Waals surface area contributed by atoms with E-state index in [-0.39, 0.29) is 0 Å². The summed E-state index contributed by atoms with van der Waals surface area (Å²) >= 11 is 6.15. The highest BCUT2D eigenvalue weighted by Gasteiger charge is 2.25. The van der Waals surface area contributed by atoms with Gasteiger partial charge in [-0.1, -0.05) is 11.6 Å². The molecule has 1 atom stereocenters. The molecule has 1 aliphatic rings. The highest BCUT2D eigenvalue weighted by atomic mass is 35.5. The van der Waals surface area contributed by atoms with Crippen LogP contribution < -0.4 is 4.90 Å². The maximum atomic E-state index is 6.15. The van der Waals surface area contributed by atoms with Gasteiger partial charge in [-0.3, -0.25) is 0 Å². The number of rotatable bonds is 2. The van der Waals surface area contributed by atoms with Crippen molar-refractivity contribution >= 4 is 23.2 Å². The van der Waals surface area contributed by atoms with E-state index in [1.165, 1.54) is 6.33 Å². The average molecular weight is 268 g/mol. The van der Waals surface area contributed by atoms with Gasteiger partial charge in [0.2, 0.25) is 0 Å². The minimum atomic E-state index is 0.342. The molecule has 0 spiro atoms. The lowest BCUT2D eigenvalue weighted by Crippen LogP contribution is -2.34. The molecule has 1 saturated heterocycles. The van der Waals surface area contributed by atoms with E-state index >= 15 is 0 Å². The molecule has 0 saturated carbocycles. The van der Waals surface area contributed by atoms with Gasteiger partial charge in [-0.05, 0) is 13.3 Å². The van der Waals surface area contributed by atoms with E-state index < -0.39 is 0 Å². The smallest absolute Gasteiger partial charge is 0.255 e. The molecule has 0 N–H and O–H groups in total. The molecule has 3 rings (SSSR count). The van der Waals surface area contributed by atoms with Gasteiger partial charge >= 0.3 is 0 Å². The zero-order valence-electron chi connectivity index (χ0n) is 10.3. The standard InChI is InChI=1S/C11H14ClN5O/c1-7-9(12)15-11-13-6-14-17(11)10(7)16(2)8-3-4-18-5-8/h6,8H,3-5H2,1-2H3. The molecule has 0 aliphatic carbocycles. The van der Waals surface area contributed by atoms with Crippen molar-refractivity contribution in [3.05, 3.63) is 17.0 Å². The molecule has 0 bridgehead atoms. The van der Waals surface area contributed by atoms with Gasteiger partial charge in [0, 0.05) is 19.2 Å². The number of hydrogen-bond acceptors (Lipinski definition) is 5. The van der Waals surface area contributed by atoms with Crippen molar-refractivity contribution in [2.45, 2.75) is 19.4 Å². The Kier molecular flexibility index (Phi) is 2.83. The minimum Gasteiger partial charge on any atom is -0.379 e. The van der Waals surface area contributed by atoms with Gasteiger partial charge in [-0.15, -0.1) is 0 Å². The lowest BCUT2D eigenvalue weighted by molar-refractivity contribution is 0.193. The fraction of sp³-hybridized carbons (Fsp3) is 0.545. The zero-order valence-corrected chi connectivity index (χ0v) is 11.1. The summed E-state index contributed by atoms with van der Waals surface area (Å²) in [5, 5.41) is 4.68. The van der Waals surface area contributed by atoms with Crippen LogP contribution in [0.15, 0.2) is 6.33 Å². The van der Waals surface area contributed by atoms with Crippen molar-refractivity contribution in [2.75, 3.05) is 25.2 Å². The first-order chi connectivity index (χ1) is 8.68. The van der Waals surface area contributed by atoms with Gasteiger partial charge in [0.05, 0.1) is 12.6 Å². The van der Waals surface area contributed by atoms with Crippen LogP contribution in [0.2, 0.25) is 5.15 Å². The number of ether oxygens (including phenoxy) is 1. The summed E-state index contributed by atoms with van der Waals surface area (Å²) in [4.78, 5) is 10.4. The quantitative estimate of drug-likeness (QED) is 0.768. The Morgan fingerprint density at radius 3 is 3.11 bits per heavy atom. The average Bonchev–Trinajstić information content (AvgIpc) is 2.99. The summed E-state index contributed by atoms with van der Waals surface area (Å²) in [5.74, 6) is 1.45. The molecule has 0 amide bonds. The molecule has 7 heteroatoms. The second-order valence-electron chi connectivity index (χ2n) is 4.45. The third-order valence-electron chi connectivity index (χ3n) is 3.36. The predicted octanol–water partition coefficient (Wildman–Crippen LogP) is 1.31. The summed E-state index contributed by atoms with van der Waals surface area (Å²) in [6, 6.07) is 0.342. The van der Waals surface area contributed by atoms with E-state index in [1.54, 1.807) is 4.52 Å². The van der Waals surface area contributed by atoms with Crippen LogP contribution in [-0.2, 0) is 4.74 Å². The largest absolute Gasteiger partial charge is 0.379 e. The molecule has 96 valence electrons. The van der Waals surface area contributed by atoms with Crippen molar-refractivity contribution in [1.82, 2.24) is 19.6 Å². The predicted molar refractivity (Wildman–Crippen MR) is 68.2 cm³/mol. The molecule has 18 heavy (non-hydrogen) atoms. The Morgan fingerprint density at radius 1 is 1.56 bits per heavy atom. The van der Waals surface area contributed by atoms with Gasteiger partial charge in [0.15, 0.2) is 0 Å². The zero-order chi connectivity index (χ0) is 12.7. The van der Waals surface area contributed by atoms with E-state index in [4.69, 9.17) is 16.3 Å². The molecule has 0 aromatic carbocycles. The van der Waals surface area contributed by atoms with Gasteiger partial charge in [-0.2, -0.15) is 19.6 Å².